The second-order valence-corrected chi connectivity index (χ2v) is 12.0. The average Bonchev–Trinajstić information content (AvgIpc) is 2.95. The van der Waals surface area contributed by atoms with Crippen LogP contribution in [-0.4, -0.2) is 45.9 Å². The van der Waals surface area contributed by atoms with Gasteiger partial charge in [-0.05, 0) is 111 Å². The van der Waals surface area contributed by atoms with Crippen molar-refractivity contribution in [1.82, 2.24) is 9.47 Å². The summed E-state index contributed by atoms with van der Waals surface area (Å²) < 4.78 is 13.6. The van der Waals surface area contributed by atoms with Crippen molar-refractivity contribution in [2.45, 2.75) is 85.9 Å². The summed E-state index contributed by atoms with van der Waals surface area (Å²) in [7, 11) is 0. The molecule has 0 radical (unpaired) electrons. The fraction of sp³-hybridized carbons (Fsp3) is 0.556. The number of carbonyl (C=O) groups excluding carboxylic acids is 2. The fourth-order valence-corrected chi connectivity index (χ4v) is 5.23. The number of fused-ring (bicyclic) bond motifs is 1. The normalized spacial score (nSPS) is 15.0. The zero-order valence-corrected chi connectivity index (χ0v) is 23.4. The van der Waals surface area contributed by atoms with E-state index in [0.29, 0.717) is 13.1 Å². The lowest BCUT2D eigenvalue weighted by atomic mass is 9.92. The van der Waals surface area contributed by atoms with Gasteiger partial charge in [-0.25, -0.2) is 14.2 Å². The Kier molecular flexibility index (Phi) is 7.28. The molecule has 0 unspecified atom stereocenters. The van der Waals surface area contributed by atoms with Crippen LogP contribution in [0.2, 0.25) is 0 Å². The average molecular weight is 534 g/mol. The number of benzene rings is 1. The van der Waals surface area contributed by atoms with Crippen molar-refractivity contribution in [2.24, 2.45) is 0 Å². The zero-order chi connectivity index (χ0) is 25.6. The molecule has 0 aliphatic carbocycles. The van der Waals surface area contributed by atoms with Crippen LogP contribution in [0.3, 0.4) is 0 Å². The first kappa shape index (κ1) is 26.3. The predicted octanol–water partition coefficient (Wildman–Crippen LogP) is 7.64. The van der Waals surface area contributed by atoms with Gasteiger partial charge in [-0.15, -0.1) is 0 Å². The van der Waals surface area contributed by atoms with Crippen LogP contribution in [0.1, 0.15) is 84.4 Å². The summed E-state index contributed by atoms with van der Waals surface area (Å²) in [6.45, 7) is 18.7. The molecule has 7 heteroatoms. The molecule has 0 bridgehead atoms. The number of amides is 1. The molecule has 0 spiro atoms. The topological polar surface area (TPSA) is 60.8 Å². The summed E-state index contributed by atoms with van der Waals surface area (Å²) in [5, 5.41) is 1.03. The largest absolute Gasteiger partial charge is 0.444 e. The summed E-state index contributed by atoms with van der Waals surface area (Å²) in [4.78, 5) is 27.3. The van der Waals surface area contributed by atoms with Crippen LogP contribution in [0.5, 0.6) is 0 Å². The van der Waals surface area contributed by atoms with E-state index in [1.807, 2.05) is 41.5 Å². The highest BCUT2D eigenvalue weighted by Crippen LogP contribution is 2.39. The molecular weight excluding hydrogens is 496 g/mol. The van der Waals surface area contributed by atoms with E-state index in [4.69, 9.17) is 9.47 Å². The maximum Gasteiger partial charge on any atom is 0.419 e. The van der Waals surface area contributed by atoms with Crippen LogP contribution in [0.15, 0.2) is 22.8 Å². The number of hydrogen-bond donors (Lipinski definition) is 0. The molecular formula is C27H37BrN2O4. The van der Waals surface area contributed by atoms with Crippen molar-refractivity contribution in [3.05, 3.63) is 39.5 Å². The fourth-order valence-electron chi connectivity index (χ4n) is 4.22. The number of nitrogens with zero attached hydrogens (tertiary/aromatic N) is 2. The minimum atomic E-state index is -0.590. The Balaban J connectivity index is 2.02. The molecule has 6 nitrogen and oxygen atoms in total. The van der Waals surface area contributed by atoms with Crippen molar-refractivity contribution < 1.29 is 19.1 Å². The van der Waals surface area contributed by atoms with Gasteiger partial charge in [0, 0.05) is 18.5 Å². The highest BCUT2D eigenvalue weighted by molar-refractivity contribution is 9.10. The third kappa shape index (κ3) is 5.68. The van der Waals surface area contributed by atoms with Crippen LogP contribution in [-0.2, 0) is 9.47 Å². The highest BCUT2D eigenvalue weighted by atomic mass is 79.9. The molecule has 0 saturated carbocycles. The number of carbonyl (C=O) groups is 2. The van der Waals surface area contributed by atoms with Crippen molar-refractivity contribution in [2.75, 3.05) is 13.1 Å². The lowest BCUT2D eigenvalue weighted by molar-refractivity contribution is 0.0270. The lowest BCUT2D eigenvalue weighted by Crippen LogP contribution is -2.39. The summed E-state index contributed by atoms with van der Waals surface area (Å²) >= 11 is 3.69. The third-order valence-electron chi connectivity index (χ3n) is 5.65. The molecule has 2 heterocycles. The molecule has 3 rings (SSSR count). The van der Waals surface area contributed by atoms with Crippen molar-refractivity contribution >= 4 is 44.6 Å². The van der Waals surface area contributed by atoms with Crippen molar-refractivity contribution in [1.29, 1.82) is 0 Å². The molecule has 34 heavy (non-hydrogen) atoms. The molecule has 0 atom stereocenters. The van der Waals surface area contributed by atoms with Gasteiger partial charge in [0.25, 0.3) is 0 Å². The van der Waals surface area contributed by atoms with E-state index in [2.05, 4.69) is 54.9 Å². The lowest BCUT2D eigenvalue weighted by Gasteiger charge is -2.30. The molecule has 1 aliphatic heterocycles. The van der Waals surface area contributed by atoms with Gasteiger partial charge in [0.2, 0.25) is 0 Å². The summed E-state index contributed by atoms with van der Waals surface area (Å²) in [6, 6.07) is 4.24. The number of halogens is 1. The Hall–Kier alpha value is -2.28. The third-order valence-corrected chi connectivity index (χ3v) is 6.43. The second kappa shape index (κ2) is 9.40. The standard InChI is InChI=1S/C27H37BrN2O4/c1-16(2)22-20-15-19(18-10-12-29(13-11-18)24(31)33-26(4,5)6)17(3)14-21(20)30(23(22)28)25(32)34-27(7,8)9/h10,14-16H,11-13H2,1-9H3. The second-order valence-electron chi connectivity index (χ2n) is 11.3. The number of rotatable bonds is 2. The van der Waals surface area contributed by atoms with Crippen LogP contribution >= 0.6 is 15.9 Å². The van der Waals surface area contributed by atoms with E-state index in [9.17, 15) is 9.59 Å². The SMILES string of the molecule is Cc1cc2c(cc1C1=CCN(C(=O)OC(C)(C)C)CC1)c(C(C)C)c(Br)n2C(=O)OC(C)(C)C. The molecule has 1 aromatic carbocycles. The summed E-state index contributed by atoms with van der Waals surface area (Å²) in [5.74, 6) is 0.208. The number of aromatic nitrogens is 1. The molecule has 0 fully saturated rings. The molecule has 2 aromatic rings. The van der Waals surface area contributed by atoms with Gasteiger partial charge in [0.1, 0.15) is 11.2 Å². The number of hydrogen-bond acceptors (Lipinski definition) is 4. The highest BCUT2D eigenvalue weighted by Gasteiger charge is 2.28. The number of ether oxygens (including phenoxy) is 2. The first-order valence-corrected chi connectivity index (χ1v) is 12.6. The van der Waals surface area contributed by atoms with Crippen molar-refractivity contribution in [3.8, 4) is 0 Å². The summed E-state index contributed by atoms with van der Waals surface area (Å²) in [5.41, 5.74) is 4.24. The van der Waals surface area contributed by atoms with Gasteiger partial charge in [-0.1, -0.05) is 19.9 Å². The Labute approximate surface area is 211 Å². The quantitative estimate of drug-likeness (QED) is 0.398. The maximum absolute atomic E-state index is 13.1. The Bertz CT molecular complexity index is 1150. The molecule has 1 aromatic heterocycles. The van der Waals surface area contributed by atoms with Gasteiger partial charge >= 0.3 is 12.2 Å². The molecule has 0 N–H and O–H groups in total. The summed E-state index contributed by atoms with van der Waals surface area (Å²) in [6.07, 6.45) is 2.18. The molecule has 1 aliphatic rings. The predicted molar refractivity (Wildman–Crippen MR) is 140 cm³/mol. The minimum absolute atomic E-state index is 0.208. The Morgan fingerprint density at radius 2 is 1.59 bits per heavy atom. The van der Waals surface area contributed by atoms with E-state index in [-0.39, 0.29) is 12.0 Å². The van der Waals surface area contributed by atoms with Gasteiger partial charge in [0.15, 0.2) is 0 Å². The van der Waals surface area contributed by atoms with Gasteiger partial charge in [-0.2, -0.15) is 0 Å². The first-order valence-electron chi connectivity index (χ1n) is 11.8. The van der Waals surface area contributed by atoms with E-state index < -0.39 is 17.3 Å². The molecule has 1 amide bonds. The van der Waals surface area contributed by atoms with Crippen LogP contribution in [0.4, 0.5) is 9.59 Å². The Morgan fingerprint density at radius 1 is 1.00 bits per heavy atom. The Morgan fingerprint density at radius 3 is 2.09 bits per heavy atom. The van der Waals surface area contributed by atoms with Crippen LogP contribution < -0.4 is 0 Å². The minimum Gasteiger partial charge on any atom is -0.444 e. The monoisotopic (exact) mass is 532 g/mol. The van der Waals surface area contributed by atoms with E-state index in [1.165, 1.54) is 5.57 Å². The van der Waals surface area contributed by atoms with Crippen LogP contribution in [0.25, 0.3) is 16.5 Å². The van der Waals surface area contributed by atoms with Gasteiger partial charge in [-0.3, -0.25) is 0 Å². The first-order chi connectivity index (χ1) is 15.6. The van der Waals surface area contributed by atoms with Gasteiger partial charge < -0.3 is 14.4 Å². The van der Waals surface area contributed by atoms with E-state index in [1.54, 1.807) is 9.47 Å². The number of aryl methyl sites for hydroxylation is 1. The molecule has 186 valence electrons. The maximum atomic E-state index is 13.1. The van der Waals surface area contributed by atoms with Crippen molar-refractivity contribution in [3.63, 3.8) is 0 Å². The van der Waals surface area contributed by atoms with Crippen LogP contribution in [0, 0.1) is 6.92 Å². The smallest absolute Gasteiger partial charge is 0.419 e. The van der Waals surface area contributed by atoms with E-state index >= 15 is 0 Å². The van der Waals surface area contributed by atoms with E-state index in [0.717, 1.165) is 38.6 Å². The zero-order valence-electron chi connectivity index (χ0n) is 21.8. The molecule has 0 saturated heterocycles. The van der Waals surface area contributed by atoms with Gasteiger partial charge in [0.05, 0.1) is 10.1 Å².